The first-order valence-electron chi connectivity index (χ1n) is 5.44. The zero-order valence-corrected chi connectivity index (χ0v) is 10.3. The zero-order chi connectivity index (χ0) is 12.1. The SMILES string of the molecule is COC(C)CNc1cc(N)nc(C(C)C)n1. The number of ether oxygens (including phenoxy) is 1. The monoisotopic (exact) mass is 224 g/mol. The van der Waals surface area contributed by atoms with Gasteiger partial charge in [-0.3, -0.25) is 0 Å². The van der Waals surface area contributed by atoms with Gasteiger partial charge in [-0.25, -0.2) is 9.97 Å². The van der Waals surface area contributed by atoms with Crippen LogP contribution in [0.3, 0.4) is 0 Å². The molecule has 0 aromatic carbocycles. The van der Waals surface area contributed by atoms with Crippen LogP contribution >= 0.6 is 0 Å². The summed E-state index contributed by atoms with van der Waals surface area (Å²) in [4.78, 5) is 8.56. The van der Waals surface area contributed by atoms with E-state index in [1.54, 1.807) is 13.2 Å². The van der Waals surface area contributed by atoms with Gasteiger partial charge in [-0.05, 0) is 6.92 Å². The number of methoxy groups -OCH3 is 1. The van der Waals surface area contributed by atoms with Crippen LogP contribution in [0.2, 0.25) is 0 Å². The summed E-state index contributed by atoms with van der Waals surface area (Å²) in [5.41, 5.74) is 5.71. The number of nitrogens with one attached hydrogen (secondary N) is 1. The number of anilines is 2. The highest BCUT2D eigenvalue weighted by Crippen LogP contribution is 2.14. The summed E-state index contributed by atoms with van der Waals surface area (Å²) < 4.78 is 5.14. The average molecular weight is 224 g/mol. The number of nitrogens with two attached hydrogens (primary N) is 1. The van der Waals surface area contributed by atoms with Crippen molar-refractivity contribution in [3.63, 3.8) is 0 Å². The number of rotatable bonds is 5. The maximum atomic E-state index is 5.71. The van der Waals surface area contributed by atoms with Crippen LogP contribution in [0.4, 0.5) is 11.6 Å². The van der Waals surface area contributed by atoms with Crippen LogP contribution in [-0.2, 0) is 4.74 Å². The number of hydrogen-bond donors (Lipinski definition) is 2. The Labute approximate surface area is 96.4 Å². The van der Waals surface area contributed by atoms with E-state index in [9.17, 15) is 0 Å². The fourth-order valence-corrected chi connectivity index (χ4v) is 1.17. The van der Waals surface area contributed by atoms with Crippen LogP contribution in [0.25, 0.3) is 0 Å². The van der Waals surface area contributed by atoms with E-state index in [1.165, 1.54) is 0 Å². The third kappa shape index (κ3) is 3.66. The van der Waals surface area contributed by atoms with Gasteiger partial charge in [0, 0.05) is 25.6 Å². The molecule has 1 heterocycles. The molecule has 5 nitrogen and oxygen atoms in total. The van der Waals surface area contributed by atoms with Gasteiger partial charge in [0.15, 0.2) is 0 Å². The average Bonchev–Trinajstić information content (AvgIpc) is 2.25. The quantitative estimate of drug-likeness (QED) is 0.795. The summed E-state index contributed by atoms with van der Waals surface area (Å²) in [6, 6.07) is 1.73. The third-order valence-corrected chi connectivity index (χ3v) is 2.25. The molecule has 0 aliphatic rings. The van der Waals surface area contributed by atoms with Gasteiger partial charge in [0.05, 0.1) is 6.10 Å². The highest BCUT2D eigenvalue weighted by molar-refractivity contribution is 5.44. The maximum absolute atomic E-state index is 5.71. The van der Waals surface area contributed by atoms with E-state index in [-0.39, 0.29) is 12.0 Å². The molecule has 3 N–H and O–H groups in total. The molecule has 0 aliphatic carbocycles. The molecule has 90 valence electrons. The summed E-state index contributed by atoms with van der Waals surface area (Å²) in [5.74, 6) is 2.27. The van der Waals surface area contributed by atoms with E-state index < -0.39 is 0 Å². The van der Waals surface area contributed by atoms with Gasteiger partial charge in [0.1, 0.15) is 17.5 Å². The lowest BCUT2D eigenvalue weighted by atomic mass is 10.2. The van der Waals surface area contributed by atoms with Crippen molar-refractivity contribution in [3.05, 3.63) is 11.9 Å². The van der Waals surface area contributed by atoms with E-state index in [1.807, 2.05) is 20.8 Å². The zero-order valence-electron chi connectivity index (χ0n) is 10.3. The first kappa shape index (κ1) is 12.7. The standard InChI is InChI=1S/C11H20N4O/c1-7(2)11-14-9(12)5-10(15-11)13-6-8(3)16-4/h5,7-8H,6H2,1-4H3,(H3,12,13,14,15). The minimum atomic E-state index is 0.138. The molecule has 0 saturated carbocycles. The molecular weight excluding hydrogens is 204 g/mol. The van der Waals surface area contributed by atoms with Crippen molar-refractivity contribution in [1.29, 1.82) is 0 Å². The number of aromatic nitrogens is 2. The van der Waals surface area contributed by atoms with E-state index in [4.69, 9.17) is 10.5 Å². The smallest absolute Gasteiger partial charge is 0.135 e. The van der Waals surface area contributed by atoms with Crippen molar-refractivity contribution in [2.24, 2.45) is 0 Å². The van der Waals surface area contributed by atoms with Gasteiger partial charge >= 0.3 is 0 Å². The molecule has 1 unspecified atom stereocenters. The molecule has 0 amide bonds. The third-order valence-electron chi connectivity index (χ3n) is 2.25. The Balaban J connectivity index is 2.72. The van der Waals surface area contributed by atoms with Crippen molar-refractivity contribution in [2.75, 3.05) is 24.7 Å². The summed E-state index contributed by atoms with van der Waals surface area (Å²) in [7, 11) is 1.68. The lowest BCUT2D eigenvalue weighted by molar-refractivity contribution is 0.128. The van der Waals surface area contributed by atoms with Gasteiger partial charge in [-0.2, -0.15) is 0 Å². The van der Waals surface area contributed by atoms with Gasteiger partial charge in [-0.1, -0.05) is 13.8 Å². The summed E-state index contributed by atoms with van der Waals surface area (Å²) in [6.45, 7) is 6.76. The van der Waals surface area contributed by atoms with E-state index in [0.29, 0.717) is 12.4 Å². The molecule has 16 heavy (non-hydrogen) atoms. The Morgan fingerprint density at radius 2 is 2.06 bits per heavy atom. The van der Waals surface area contributed by atoms with Crippen LogP contribution in [0, 0.1) is 0 Å². The van der Waals surface area contributed by atoms with E-state index in [0.717, 1.165) is 11.6 Å². The van der Waals surface area contributed by atoms with Crippen LogP contribution in [0.5, 0.6) is 0 Å². The minimum absolute atomic E-state index is 0.138. The molecule has 1 aromatic rings. The molecule has 0 radical (unpaired) electrons. The molecule has 0 fully saturated rings. The predicted molar refractivity (Wildman–Crippen MR) is 65.5 cm³/mol. The first-order valence-corrected chi connectivity index (χ1v) is 5.44. The second kappa shape index (κ2) is 5.65. The molecule has 1 rings (SSSR count). The van der Waals surface area contributed by atoms with Crippen LogP contribution in [-0.4, -0.2) is 29.7 Å². The Morgan fingerprint density at radius 3 is 2.62 bits per heavy atom. The second-order valence-corrected chi connectivity index (χ2v) is 4.12. The molecule has 0 saturated heterocycles. The van der Waals surface area contributed by atoms with Crippen molar-refractivity contribution >= 4 is 11.6 Å². The lowest BCUT2D eigenvalue weighted by Gasteiger charge is -2.13. The Bertz CT molecular complexity index is 341. The lowest BCUT2D eigenvalue weighted by Crippen LogP contribution is -2.19. The van der Waals surface area contributed by atoms with Crippen LogP contribution < -0.4 is 11.1 Å². The first-order chi connectivity index (χ1) is 7.52. The molecule has 1 atom stereocenters. The maximum Gasteiger partial charge on any atom is 0.135 e. The molecule has 0 spiro atoms. The Morgan fingerprint density at radius 1 is 1.38 bits per heavy atom. The minimum Gasteiger partial charge on any atom is -0.384 e. The summed E-state index contributed by atoms with van der Waals surface area (Å²) in [6.07, 6.45) is 0.138. The van der Waals surface area contributed by atoms with Crippen molar-refractivity contribution in [2.45, 2.75) is 32.8 Å². The molecular formula is C11H20N4O. The summed E-state index contributed by atoms with van der Waals surface area (Å²) >= 11 is 0. The normalized spacial score (nSPS) is 12.8. The number of nitrogen functional groups attached to an aromatic ring is 1. The topological polar surface area (TPSA) is 73.1 Å². The fourth-order valence-electron chi connectivity index (χ4n) is 1.17. The predicted octanol–water partition coefficient (Wildman–Crippen LogP) is 1.63. The van der Waals surface area contributed by atoms with Gasteiger partial charge in [-0.15, -0.1) is 0 Å². The van der Waals surface area contributed by atoms with Gasteiger partial charge < -0.3 is 15.8 Å². The summed E-state index contributed by atoms with van der Waals surface area (Å²) in [5, 5.41) is 3.18. The molecule has 5 heteroatoms. The van der Waals surface area contributed by atoms with Gasteiger partial charge in [0.2, 0.25) is 0 Å². The Kier molecular flexibility index (Phi) is 4.49. The van der Waals surface area contributed by atoms with Gasteiger partial charge in [0.25, 0.3) is 0 Å². The van der Waals surface area contributed by atoms with Crippen molar-refractivity contribution < 1.29 is 4.74 Å². The van der Waals surface area contributed by atoms with Crippen LogP contribution in [0.1, 0.15) is 32.5 Å². The highest BCUT2D eigenvalue weighted by Gasteiger charge is 2.07. The molecule has 0 bridgehead atoms. The van der Waals surface area contributed by atoms with Crippen molar-refractivity contribution in [1.82, 2.24) is 9.97 Å². The second-order valence-electron chi connectivity index (χ2n) is 4.12. The highest BCUT2D eigenvalue weighted by atomic mass is 16.5. The number of nitrogens with zero attached hydrogens (tertiary/aromatic N) is 2. The largest absolute Gasteiger partial charge is 0.384 e. The van der Waals surface area contributed by atoms with E-state index >= 15 is 0 Å². The molecule has 0 aliphatic heterocycles. The number of hydrogen-bond acceptors (Lipinski definition) is 5. The van der Waals surface area contributed by atoms with E-state index in [2.05, 4.69) is 15.3 Å². The fraction of sp³-hybridized carbons (Fsp3) is 0.636. The van der Waals surface area contributed by atoms with Crippen molar-refractivity contribution in [3.8, 4) is 0 Å². The van der Waals surface area contributed by atoms with Crippen LogP contribution in [0.15, 0.2) is 6.07 Å². The molecule has 1 aromatic heterocycles. The Hall–Kier alpha value is -1.36.